The number of benzene rings is 2. The maximum absolute atomic E-state index is 14.2. The number of phenolic OH excluding ortho intramolecular Hbond substituents is 1. The molecule has 0 radical (unpaired) electrons. The summed E-state index contributed by atoms with van der Waals surface area (Å²) in [7, 11) is 1.57. The number of aromatic hydroxyl groups is 1. The maximum Gasteiger partial charge on any atom is 0.204 e. The summed E-state index contributed by atoms with van der Waals surface area (Å²) in [4.78, 5) is 14.2. The van der Waals surface area contributed by atoms with Crippen LogP contribution in [-0.4, -0.2) is 38.5 Å². The van der Waals surface area contributed by atoms with Crippen LogP contribution in [0.3, 0.4) is 0 Å². The topological polar surface area (TPSA) is 130 Å². The smallest absolute Gasteiger partial charge is 0.204 e. The SMILES string of the molecule is COc1c(OCCCCCN)cc2oc3cc(OCCCCCN)c(CC=C(C)C)c(O)c3c(=O)c2c1CC=C(C)C. The molecule has 0 bridgehead atoms. The summed E-state index contributed by atoms with van der Waals surface area (Å²) < 4.78 is 24.5. The molecule has 0 atom stereocenters. The number of rotatable bonds is 17. The van der Waals surface area contributed by atoms with Crippen molar-refractivity contribution in [2.75, 3.05) is 33.4 Å². The van der Waals surface area contributed by atoms with Crippen LogP contribution in [-0.2, 0) is 12.8 Å². The highest BCUT2D eigenvalue weighted by Crippen LogP contribution is 2.41. The van der Waals surface area contributed by atoms with Gasteiger partial charge in [0.2, 0.25) is 5.43 Å². The zero-order valence-electron chi connectivity index (χ0n) is 25.9. The minimum atomic E-state index is -0.318. The molecule has 8 heteroatoms. The molecule has 2 aromatic carbocycles. The number of ether oxygens (including phenoxy) is 3. The minimum Gasteiger partial charge on any atom is -0.507 e. The van der Waals surface area contributed by atoms with Gasteiger partial charge >= 0.3 is 0 Å². The molecule has 0 saturated carbocycles. The summed E-state index contributed by atoms with van der Waals surface area (Å²) in [6, 6.07) is 3.44. The third kappa shape index (κ3) is 8.29. The summed E-state index contributed by atoms with van der Waals surface area (Å²) in [6.45, 7) is 10.2. The average molecular weight is 581 g/mol. The third-order valence-electron chi connectivity index (χ3n) is 7.16. The molecule has 0 saturated heterocycles. The number of fused-ring (bicyclic) bond motifs is 2. The maximum atomic E-state index is 14.2. The summed E-state index contributed by atoms with van der Waals surface area (Å²) in [5, 5.41) is 12.0. The molecule has 0 fully saturated rings. The zero-order valence-corrected chi connectivity index (χ0v) is 25.9. The van der Waals surface area contributed by atoms with E-state index in [4.69, 9.17) is 30.1 Å². The van der Waals surface area contributed by atoms with Crippen LogP contribution in [0.15, 0.2) is 44.6 Å². The van der Waals surface area contributed by atoms with E-state index in [-0.39, 0.29) is 22.1 Å². The van der Waals surface area contributed by atoms with Crippen molar-refractivity contribution in [3.8, 4) is 23.0 Å². The molecule has 0 aliphatic carbocycles. The van der Waals surface area contributed by atoms with Gasteiger partial charge in [0.25, 0.3) is 0 Å². The van der Waals surface area contributed by atoms with Gasteiger partial charge in [-0.2, -0.15) is 0 Å². The van der Waals surface area contributed by atoms with Crippen LogP contribution in [0.5, 0.6) is 23.0 Å². The Labute approximate surface area is 249 Å². The van der Waals surface area contributed by atoms with E-state index in [9.17, 15) is 9.90 Å². The molecule has 0 aliphatic heterocycles. The van der Waals surface area contributed by atoms with Crippen molar-refractivity contribution >= 4 is 21.9 Å². The molecular formula is C34H48N2O6. The van der Waals surface area contributed by atoms with Gasteiger partial charge in [-0.3, -0.25) is 4.79 Å². The van der Waals surface area contributed by atoms with Gasteiger partial charge in [0.1, 0.15) is 28.1 Å². The van der Waals surface area contributed by atoms with Gasteiger partial charge in [0.05, 0.1) is 25.7 Å². The van der Waals surface area contributed by atoms with E-state index >= 15 is 0 Å². The molecule has 1 aromatic heterocycles. The molecule has 8 nitrogen and oxygen atoms in total. The van der Waals surface area contributed by atoms with Crippen LogP contribution < -0.4 is 31.1 Å². The quantitative estimate of drug-likeness (QED) is 0.0914. The molecule has 0 spiro atoms. The second-order valence-electron chi connectivity index (χ2n) is 11.1. The van der Waals surface area contributed by atoms with Gasteiger partial charge in [0, 0.05) is 23.3 Å². The highest BCUT2D eigenvalue weighted by atomic mass is 16.5. The lowest BCUT2D eigenvalue weighted by Crippen LogP contribution is -2.10. The number of nitrogens with two attached hydrogens (primary N) is 2. The van der Waals surface area contributed by atoms with E-state index in [0.717, 1.165) is 49.7 Å². The summed E-state index contributed by atoms with van der Waals surface area (Å²) in [5.41, 5.74) is 15.0. The van der Waals surface area contributed by atoms with E-state index in [1.54, 1.807) is 19.2 Å². The van der Waals surface area contributed by atoms with Crippen molar-refractivity contribution in [3.05, 3.63) is 56.8 Å². The summed E-state index contributed by atoms with van der Waals surface area (Å²) in [6.07, 6.45) is 10.3. The van der Waals surface area contributed by atoms with Gasteiger partial charge in [-0.25, -0.2) is 0 Å². The van der Waals surface area contributed by atoms with Crippen LogP contribution >= 0.6 is 0 Å². The molecule has 0 amide bonds. The molecule has 0 aliphatic rings. The van der Waals surface area contributed by atoms with Gasteiger partial charge in [0.15, 0.2) is 11.5 Å². The van der Waals surface area contributed by atoms with Gasteiger partial charge in [-0.05, 0) is 92.2 Å². The fraction of sp³-hybridized carbons (Fsp3) is 0.500. The molecule has 3 rings (SSSR count). The zero-order chi connectivity index (χ0) is 30.6. The Hall–Kier alpha value is -3.49. The normalized spacial score (nSPS) is 11.1. The lowest BCUT2D eigenvalue weighted by molar-refractivity contribution is 0.285. The van der Waals surface area contributed by atoms with Gasteiger partial charge in [-0.15, -0.1) is 0 Å². The van der Waals surface area contributed by atoms with E-state index in [2.05, 4.69) is 0 Å². The van der Waals surface area contributed by atoms with Crippen LogP contribution in [0.2, 0.25) is 0 Å². The first-order chi connectivity index (χ1) is 20.2. The number of methoxy groups -OCH3 is 1. The minimum absolute atomic E-state index is 0.120. The van der Waals surface area contributed by atoms with Crippen LogP contribution in [0.1, 0.15) is 77.3 Å². The Morgan fingerprint density at radius 2 is 1.31 bits per heavy atom. The molecule has 230 valence electrons. The first kappa shape index (κ1) is 33.0. The van der Waals surface area contributed by atoms with Crippen LogP contribution in [0, 0.1) is 0 Å². The second kappa shape index (κ2) is 16.2. The Morgan fingerprint density at radius 3 is 1.86 bits per heavy atom. The Balaban J connectivity index is 2.24. The highest BCUT2D eigenvalue weighted by Gasteiger charge is 2.24. The first-order valence-corrected chi connectivity index (χ1v) is 15.0. The standard InChI is InChI=1S/C34H48N2O6/c1-22(2)12-14-24-26(40-18-10-6-8-16-35)20-28-31(32(24)37)33(38)30-25(15-13-23(3)4)34(39-5)29(21-27(30)42-28)41-19-11-7-9-17-36/h12-13,20-21,37H,6-11,14-19,35-36H2,1-5H3. The Kier molecular flexibility index (Phi) is 12.8. The van der Waals surface area contributed by atoms with Crippen molar-refractivity contribution in [1.29, 1.82) is 0 Å². The molecular weight excluding hydrogens is 532 g/mol. The Morgan fingerprint density at radius 1 is 0.786 bits per heavy atom. The Bertz CT molecular complexity index is 1460. The highest BCUT2D eigenvalue weighted by molar-refractivity contribution is 5.98. The number of hydrogen-bond donors (Lipinski definition) is 3. The number of unbranched alkanes of at least 4 members (excludes halogenated alkanes) is 4. The fourth-order valence-electron chi connectivity index (χ4n) is 4.88. The van der Waals surface area contributed by atoms with Crippen molar-refractivity contribution in [1.82, 2.24) is 0 Å². The number of phenols is 1. The van der Waals surface area contributed by atoms with E-state index in [1.807, 2.05) is 39.8 Å². The predicted molar refractivity (Wildman–Crippen MR) is 171 cm³/mol. The summed E-state index contributed by atoms with van der Waals surface area (Å²) in [5.74, 6) is 1.39. The number of hydrogen-bond acceptors (Lipinski definition) is 8. The molecule has 42 heavy (non-hydrogen) atoms. The lowest BCUT2D eigenvalue weighted by Gasteiger charge is -2.18. The van der Waals surface area contributed by atoms with Crippen LogP contribution in [0.4, 0.5) is 0 Å². The molecule has 0 unspecified atom stereocenters. The summed E-state index contributed by atoms with van der Waals surface area (Å²) >= 11 is 0. The molecule has 5 N–H and O–H groups in total. The largest absolute Gasteiger partial charge is 0.507 e. The van der Waals surface area contributed by atoms with Gasteiger partial charge in [-0.1, -0.05) is 23.3 Å². The average Bonchev–Trinajstić information content (AvgIpc) is 2.94. The van der Waals surface area contributed by atoms with E-state index in [0.29, 0.717) is 78.5 Å². The number of allylic oxidation sites excluding steroid dienone is 4. The fourth-order valence-corrected chi connectivity index (χ4v) is 4.88. The monoisotopic (exact) mass is 580 g/mol. The van der Waals surface area contributed by atoms with Crippen molar-refractivity contribution in [2.45, 2.75) is 79.1 Å². The molecule has 1 heterocycles. The second-order valence-corrected chi connectivity index (χ2v) is 11.1. The van der Waals surface area contributed by atoms with Crippen molar-refractivity contribution < 1.29 is 23.7 Å². The lowest BCUT2D eigenvalue weighted by atomic mass is 9.98. The first-order valence-electron chi connectivity index (χ1n) is 15.0. The molecule has 3 aromatic rings. The van der Waals surface area contributed by atoms with E-state index in [1.165, 1.54) is 0 Å². The van der Waals surface area contributed by atoms with Crippen molar-refractivity contribution in [3.63, 3.8) is 0 Å². The van der Waals surface area contributed by atoms with E-state index < -0.39 is 0 Å². The predicted octanol–water partition coefficient (Wildman–Crippen LogP) is 6.69. The van der Waals surface area contributed by atoms with Crippen molar-refractivity contribution in [2.24, 2.45) is 11.5 Å². The van der Waals surface area contributed by atoms with Gasteiger partial charge < -0.3 is 35.2 Å². The van der Waals surface area contributed by atoms with Crippen LogP contribution in [0.25, 0.3) is 21.9 Å². The third-order valence-corrected chi connectivity index (χ3v) is 7.16.